The van der Waals surface area contributed by atoms with Crippen LogP contribution in [0.2, 0.25) is 0 Å². The van der Waals surface area contributed by atoms with Gasteiger partial charge in [0, 0.05) is 36.7 Å². The van der Waals surface area contributed by atoms with Crippen molar-refractivity contribution in [1.82, 2.24) is 0 Å². The Hall–Kier alpha value is -0.780. The summed E-state index contributed by atoms with van der Waals surface area (Å²) >= 11 is 7.21. The quantitative estimate of drug-likeness (QED) is 0.866. The number of nitrogens with two attached hydrogens (primary N) is 1. The zero-order valence-electron chi connectivity index (χ0n) is 12.4. The van der Waals surface area contributed by atoms with E-state index < -0.39 is 0 Å². The summed E-state index contributed by atoms with van der Waals surface area (Å²) in [5.74, 6) is 2.36. The Bertz CT molecular complexity index is 529. The van der Waals surface area contributed by atoms with E-state index in [1.165, 1.54) is 12.2 Å². The van der Waals surface area contributed by atoms with E-state index in [4.69, 9.17) is 22.7 Å². The van der Waals surface area contributed by atoms with Gasteiger partial charge in [0.1, 0.15) is 4.99 Å². The van der Waals surface area contributed by atoms with Crippen LogP contribution < -0.4 is 10.6 Å². The molecule has 21 heavy (non-hydrogen) atoms. The molecule has 5 heteroatoms. The fraction of sp³-hybridized carbons (Fsp3) is 0.562. The summed E-state index contributed by atoms with van der Waals surface area (Å²) in [7, 11) is 2.16. The van der Waals surface area contributed by atoms with Crippen molar-refractivity contribution in [3.05, 3.63) is 29.8 Å². The molecule has 2 atom stereocenters. The van der Waals surface area contributed by atoms with Crippen LogP contribution in [0, 0.1) is 0 Å². The highest BCUT2D eigenvalue weighted by Gasteiger charge is 2.41. The molecule has 2 aliphatic heterocycles. The highest BCUT2D eigenvalue weighted by Crippen LogP contribution is 2.40. The topological polar surface area (TPSA) is 38.5 Å². The summed E-state index contributed by atoms with van der Waals surface area (Å²) in [5, 5.41) is 0. The average molecular weight is 322 g/mol. The van der Waals surface area contributed by atoms with Gasteiger partial charge in [0.25, 0.3) is 0 Å². The van der Waals surface area contributed by atoms with E-state index in [9.17, 15) is 0 Å². The molecule has 2 aliphatic rings. The first kappa shape index (κ1) is 15.1. The molecular weight excluding hydrogens is 300 g/mol. The third kappa shape index (κ3) is 3.05. The average Bonchev–Trinajstić information content (AvgIpc) is 2.94. The molecular formula is C16H22N2OS2. The van der Waals surface area contributed by atoms with Gasteiger partial charge in [-0.3, -0.25) is 0 Å². The summed E-state index contributed by atoms with van der Waals surface area (Å²) in [6, 6.07) is 8.65. The lowest BCUT2D eigenvalue weighted by Crippen LogP contribution is -2.48. The summed E-state index contributed by atoms with van der Waals surface area (Å²) in [6.45, 7) is 0.852. The molecule has 2 fully saturated rings. The fourth-order valence-corrected chi connectivity index (χ4v) is 4.93. The lowest BCUT2D eigenvalue weighted by molar-refractivity contribution is -0.0658. The van der Waals surface area contributed by atoms with E-state index in [2.05, 4.69) is 18.0 Å². The van der Waals surface area contributed by atoms with Gasteiger partial charge >= 0.3 is 0 Å². The number of ether oxygens (including phenoxy) is 1. The van der Waals surface area contributed by atoms with E-state index in [1.54, 1.807) is 0 Å². The number of thioether (sulfide) groups is 1. The van der Waals surface area contributed by atoms with Gasteiger partial charge < -0.3 is 15.4 Å². The molecule has 2 heterocycles. The van der Waals surface area contributed by atoms with E-state index in [0.717, 1.165) is 36.5 Å². The van der Waals surface area contributed by atoms with Gasteiger partial charge in [-0.05, 0) is 37.1 Å². The first-order chi connectivity index (χ1) is 10.1. The van der Waals surface area contributed by atoms with Crippen molar-refractivity contribution in [1.29, 1.82) is 0 Å². The maximum absolute atomic E-state index is 6.12. The number of thiocarbonyl (C=S) groups is 1. The molecule has 0 aliphatic carbocycles. The van der Waals surface area contributed by atoms with Crippen molar-refractivity contribution < 1.29 is 4.74 Å². The van der Waals surface area contributed by atoms with Gasteiger partial charge in [0.05, 0.1) is 5.60 Å². The predicted octanol–water partition coefficient (Wildman–Crippen LogP) is 2.81. The highest BCUT2D eigenvalue weighted by atomic mass is 32.2. The Kier molecular flexibility index (Phi) is 4.43. The van der Waals surface area contributed by atoms with Crippen LogP contribution in [-0.4, -0.2) is 41.8 Å². The minimum absolute atomic E-state index is 0.0972. The van der Waals surface area contributed by atoms with Gasteiger partial charge in [-0.1, -0.05) is 24.4 Å². The zero-order chi connectivity index (χ0) is 14.9. The third-order valence-corrected chi connectivity index (χ3v) is 6.07. The van der Waals surface area contributed by atoms with Crippen molar-refractivity contribution in [3.8, 4) is 0 Å². The van der Waals surface area contributed by atoms with Crippen LogP contribution in [-0.2, 0) is 4.74 Å². The van der Waals surface area contributed by atoms with E-state index >= 15 is 0 Å². The number of nitrogens with zero attached hydrogens (tertiary/aromatic N) is 1. The van der Waals surface area contributed by atoms with Crippen molar-refractivity contribution >= 4 is 34.7 Å². The summed E-state index contributed by atoms with van der Waals surface area (Å²) in [5.41, 5.74) is 8.08. The Balaban J connectivity index is 1.81. The maximum Gasteiger partial charge on any atom is 0.106 e. The van der Waals surface area contributed by atoms with Gasteiger partial charge in [-0.25, -0.2) is 0 Å². The molecule has 0 radical (unpaired) electrons. The standard InChI is InChI=1S/C16H22N2OS2/c1-18(14-5-3-2-4-13(14)15(17)20)12-6-8-19-16(10-12)7-9-21-11-16/h2-5,12H,6-11H2,1H3,(H2,17,20). The molecule has 1 aromatic rings. The normalized spacial score (nSPS) is 28.7. The van der Waals surface area contributed by atoms with Crippen LogP contribution >= 0.6 is 24.0 Å². The summed E-state index contributed by atoms with van der Waals surface area (Å²) < 4.78 is 6.12. The molecule has 3 nitrogen and oxygen atoms in total. The number of hydrogen-bond donors (Lipinski definition) is 1. The van der Waals surface area contributed by atoms with Crippen LogP contribution in [0.4, 0.5) is 5.69 Å². The second-order valence-corrected chi connectivity index (χ2v) is 7.52. The molecule has 1 spiro atoms. The van der Waals surface area contributed by atoms with Crippen LogP contribution in [0.1, 0.15) is 24.8 Å². The third-order valence-electron chi connectivity index (χ3n) is 4.63. The number of para-hydroxylation sites is 1. The van der Waals surface area contributed by atoms with Gasteiger partial charge in [-0.2, -0.15) is 11.8 Å². The lowest BCUT2D eigenvalue weighted by atomic mass is 9.89. The second-order valence-electron chi connectivity index (χ2n) is 5.97. The first-order valence-electron chi connectivity index (χ1n) is 7.45. The number of anilines is 1. The monoisotopic (exact) mass is 322 g/mol. The number of benzene rings is 1. The molecule has 0 amide bonds. The Morgan fingerprint density at radius 3 is 3.00 bits per heavy atom. The molecule has 114 valence electrons. The van der Waals surface area contributed by atoms with Gasteiger partial charge in [-0.15, -0.1) is 0 Å². The molecule has 0 aromatic heterocycles. The van der Waals surface area contributed by atoms with E-state index in [1.807, 2.05) is 30.0 Å². The molecule has 2 unspecified atom stereocenters. The zero-order valence-corrected chi connectivity index (χ0v) is 14.0. The SMILES string of the molecule is CN(c1ccccc1C(N)=S)C1CCOC2(CCSC2)C1. The molecule has 1 aromatic carbocycles. The molecule has 2 saturated heterocycles. The van der Waals surface area contributed by atoms with Crippen molar-refractivity contribution in [3.63, 3.8) is 0 Å². The molecule has 3 rings (SSSR count). The maximum atomic E-state index is 6.12. The number of rotatable bonds is 3. The lowest BCUT2D eigenvalue weighted by Gasteiger charge is -2.42. The minimum atomic E-state index is 0.0972. The second kappa shape index (κ2) is 6.15. The summed E-state index contributed by atoms with van der Waals surface area (Å²) in [4.78, 5) is 2.82. The molecule has 2 N–H and O–H groups in total. The fourth-order valence-electron chi connectivity index (χ4n) is 3.38. The molecule has 0 saturated carbocycles. The van der Waals surface area contributed by atoms with Crippen LogP contribution in [0.3, 0.4) is 0 Å². The van der Waals surface area contributed by atoms with Gasteiger partial charge in [0.2, 0.25) is 0 Å². The van der Waals surface area contributed by atoms with Crippen LogP contribution in [0.5, 0.6) is 0 Å². The van der Waals surface area contributed by atoms with E-state index in [-0.39, 0.29) is 5.60 Å². The largest absolute Gasteiger partial charge is 0.389 e. The van der Waals surface area contributed by atoms with Crippen molar-refractivity contribution in [2.75, 3.05) is 30.1 Å². The van der Waals surface area contributed by atoms with Crippen molar-refractivity contribution in [2.24, 2.45) is 5.73 Å². The smallest absolute Gasteiger partial charge is 0.106 e. The number of hydrogen-bond acceptors (Lipinski definition) is 4. The predicted molar refractivity (Wildman–Crippen MR) is 94.4 cm³/mol. The highest BCUT2D eigenvalue weighted by molar-refractivity contribution is 7.99. The van der Waals surface area contributed by atoms with Crippen LogP contribution in [0.15, 0.2) is 24.3 Å². The minimum Gasteiger partial charge on any atom is -0.389 e. The Morgan fingerprint density at radius 2 is 2.29 bits per heavy atom. The van der Waals surface area contributed by atoms with Gasteiger partial charge in [0.15, 0.2) is 0 Å². The van der Waals surface area contributed by atoms with Crippen LogP contribution in [0.25, 0.3) is 0 Å². The summed E-state index contributed by atoms with van der Waals surface area (Å²) in [6.07, 6.45) is 3.34. The van der Waals surface area contributed by atoms with E-state index in [0.29, 0.717) is 11.0 Å². The van der Waals surface area contributed by atoms with Crippen molar-refractivity contribution in [2.45, 2.75) is 30.9 Å². The Morgan fingerprint density at radius 1 is 1.48 bits per heavy atom. The Labute approximate surface area is 136 Å². The molecule has 0 bridgehead atoms. The first-order valence-corrected chi connectivity index (χ1v) is 9.01.